The van der Waals surface area contributed by atoms with E-state index in [-0.39, 0.29) is 5.92 Å². The third kappa shape index (κ3) is 3.70. The van der Waals surface area contributed by atoms with Crippen molar-refractivity contribution in [2.75, 3.05) is 0 Å². The lowest BCUT2D eigenvalue weighted by molar-refractivity contribution is 0.0695. The molecule has 0 spiro atoms. The smallest absolute Gasteiger partial charge is 0.335 e. The van der Waals surface area contributed by atoms with Crippen molar-refractivity contribution in [1.82, 2.24) is 0 Å². The van der Waals surface area contributed by atoms with Gasteiger partial charge in [0.2, 0.25) is 0 Å². The zero-order valence-corrected chi connectivity index (χ0v) is 11.9. The van der Waals surface area contributed by atoms with Gasteiger partial charge in [0, 0.05) is 0 Å². The van der Waals surface area contributed by atoms with Crippen molar-refractivity contribution in [3.8, 4) is 6.07 Å². The molecule has 0 fully saturated rings. The second-order valence-corrected chi connectivity index (χ2v) is 5.06. The molecule has 2 aromatic carbocycles. The fourth-order valence-electron chi connectivity index (χ4n) is 2.32. The van der Waals surface area contributed by atoms with Crippen molar-refractivity contribution in [3.05, 3.63) is 70.8 Å². The maximum atomic E-state index is 11.2. The van der Waals surface area contributed by atoms with Crippen molar-refractivity contribution in [2.24, 2.45) is 0 Å². The molecule has 0 bridgehead atoms. The molecule has 106 valence electrons. The average molecular weight is 279 g/mol. The molecule has 1 unspecified atom stereocenters. The molecule has 0 saturated heterocycles. The van der Waals surface area contributed by atoms with Gasteiger partial charge in [0.15, 0.2) is 0 Å². The van der Waals surface area contributed by atoms with Crippen LogP contribution in [0, 0.1) is 11.3 Å². The van der Waals surface area contributed by atoms with Crippen LogP contribution in [0.3, 0.4) is 0 Å². The second-order valence-electron chi connectivity index (χ2n) is 5.06. The van der Waals surface area contributed by atoms with E-state index in [9.17, 15) is 9.90 Å². The maximum absolute atomic E-state index is 11.2. The van der Waals surface area contributed by atoms with Crippen molar-refractivity contribution < 1.29 is 9.90 Å². The summed E-state index contributed by atoms with van der Waals surface area (Å²) in [6, 6.07) is 17.2. The number of carboxylic acid groups (broad SMARTS) is 1. The summed E-state index contributed by atoms with van der Waals surface area (Å²) >= 11 is 0. The number of nitriles is 1. The predicted octanol–water partition coefficient (Wildman–Crippen LogP) is 3.80. The van der Waals surface area contributed by atoms with Crippen molar-refractivity contribution in [2.45, 2.75) is 25.7 Å². The standard InChI is InChI=1S/C18H17NO2/c1-13(12-19)16-7-4-5-14(11-16)9-10-15-6-2-3-8-17(15)18(20)21/h2-8,11,13H,9-10H2,1H3,(H,20,21). The first-order chi connectivity index (χ1) is 10.1. The summed E-state index contributed by atoms with van der Waals surface area (Å²) in [5.74, 6) is -1.02. The Labute approximate surface area is 124 Å². The first kappa shape index (κ1) is 14.8. The second kappa shape index (κ2) is 6.71. The van der Waals surface area contributed by atoms with E-state index >= 15 is 0 Å². The van der Waals surface area contributed by atoms with Crippen LogP contribution < -0.4 is 0 Å². The summed E-state index contributed by atoms with van der Waals surface area (Å²) in [5.41, 5.74) is 3.32. The van der Waals surface area contributed by atoms with Crippen LogP contribution >= 0.6 is 0 Å². The Morgan fingerprint density at radius 1 is 1.19 bits per heavy atom. The zero-order chi connectivity index (χ0) is 15.2. The lowest BCUT2D eigenvalue weighted by atomic mass is 9.96. The summed E-state index contributed by atoms with van der Waals surface area (Å²) < 4.78 is 0. The maximum Gasteiger partial charge on any atom is 0.335 e. The molecule has 0 aromatic heterocycles. The third-order valence-corrected chi connectivity index (χ3v) is 3.58. The first-order valence-electron chi connectivity index (χ1n) is 6.91. The Balaban J connectivity index is 2.14. The number of aryl methyl sites for hydroxylation is 2. The number of carboxylic acids is 1. The highest BCUT2D eigenvalue weighted by atomic mass is 16.4. The van der Waals surface area contributed by atoms with Crippen molar-refractivity contribution >= 4 is 5.97 Å². The minimum absolute atomic E-state index is 0.128. The summed E-state index contributed by atoms with van der Waals surface area (Å²) in [4.78, 5) is 11.2. The third-order valence-electron chi connectivity index (χ3n) is 3.58. The Bertz CT molecular complexity index is 686. The number of rotatable bonds is 5. The van der Waals surface area contributed by atoms with Gasteiger partial charge in [0.1, 0.15) is 0 Å². The Hall–Kier alpha value is -2.60. The van der Waals surface area contributed by atoms with Crippen LogP contribution in [0.4, 0.5) is 0 Å². The van der Waals surface area contributed by atoms with Crippen LogP contribution in [0.5, 0.6) is 0 Å². The fourth-order valence-corrected chi connectivity index (χ4v) is 2.32. The molecule has 0 aliphatic carbocycles. The van der Waals surface area contributed by atoms with E-state index in [0.29, 0.717) is 12.0 Å². The molecule has 2 rings (SSSR count). The number of benzene rings is 2. The van der Waals surface area contributed by atoms with Gasteiger partial charge in [-0.3, -0.25) is 0 Å². The molecule has 3 nitrogen and oxygen atoms in total. The number of carbonyl (C=O) groups is 1. The quantitative estimate of drug-likeness (QED) is 0.905. The molecule has 0 radical (unpaired) electrons. The van der Waals surface area contributed by atoms with Gasteiger partial charge in [-0.25, -0.2) is 4.79 Å². The lowest BCUT2D eigenvalue weighted by Gasteiger charge is -2.08. The van der Waals surface area contributed by atoms with Crippen LogP contribution in [0.1, 0.15) is 39.9 Å². The van der Waals surface area contributed by atoms with Crippen LogP contribution in [0.2, 0.25) is 0 Å². The fraction of sp³-hybridized carbons (Fsp3) is 0.222. The van der Waals surface area contributed by atoms with Crippen molar-refractivity contribution in [1.29, 1.82) is 5.26 Å². The molecular formula is C18H17NO2. The van der Waals surface area contributed by atoms with Crippen LogP contribution in [-0.2, 0) is 12.8 Å². The molecule has 1 N–H and O–H groups in total. The highest BCUT2D eigenvalue weighted by Gasteiger charge is 2.09. The van der Waals surface area contributed by atoms with Crippen LogP contribution in [0.15, 0.2) is 48.5 Å². The molecule has 21 heavy (non-hydrogen) atoms. The van der Waals surface area contributed by atoms with Gasteiger partial charge in [0.05, 0.1) is 17.6 Å². The van der Waals surface area contributed by atoms with Gasteiger partial charge < -0.3 is 5.11 Å². The van der Waals surface area contributed by atoms with Gasteiger partial charge in [-0.05, 0) is 42.5 Å². The number of aromatic carboxylic acids is 1. The van der Waals surface area contributed by atoms with E-state index in [1.165, 1.54) is 0 Å². The Kier molecular flexibility index (Phi) is 4.73. The number of hydrogen-bond acceptors (Lipinski definition) is 2. The topological polar surface area (TPSA) is 61.1 Å². The molecule has 2 aromatic rings. The van der Waals surface area contributed by atoms with Crippen LogP contribution in [0.25, 0.3) is 0 Å². The Morgan fingerprint density at radius 3 is 2.67 bits per heavy atom. The summed E-state index contributed by atoms with van der Waals surface area (Å²) in [6.07, 6.45) is 1.43. The highest BCUT2D eigenvalue weighted by Crippen LogP contribution is 2.18. The normalized spacial score (nSPS) is 11.6. The Morgan fingerprint density at radius 2 is 1.95 bits per heavy atom. The van der Waals surface area contributed by atoms with Gasteiger partial charge in [0.25, 0.3) is 0 Å². The van der Waals surface area contributed by atoms with Gasteiger partial charge in [-0.1, -0.05) is 42.5 Å². The number of nitrogens with zero attached hydrogens (tertiary/aromatic N) is 1. The zero-order valence-electron chi connectivity index (χ0n) is 11.9. The van der Waals surface area contributed by atoms with Gasteiger partial charge in [-0.15, -0.1) is 0 Å². The van der Waals surface area contributed by atoms with E-state index in [0.717, 1.165) is 23.1 Å². The number of hydrogen-bond donors (Lipinski definition) is 1. The largest absolute Gasteiger partial charge is 0.478 e. The van der Waals surface area contributed by atoms with E-state index in [1.807, 2.05) is 43.3 Å². The molecule has 0 amide bonds. The monoisotopic (exact) mass is 279 g/mol. The average Bonchev–Trinajstić information content (AvgIpc) is 2.52. The molecule has 0 saturated carbocycles. The van der Waals surface area contributed by atoms with Gasteiger partial charge >= 0.3 is 5.97 Å². The molecule has 3 heteroatoms. The minimum atomic E-state index is -0.891. The molecule has 0 aliphatic rings. The lowest BCUT2D eigenvalue weighted by Crippen LogP contribution is -2.03. The highest BCUT2D eigenvalue weighted by molar-refractivity contribution is 5.89. The van der Waals surface area contributed by atoms with E-state index < -0.39 is 5.97 Å². The van der Waals surface area contributed by atoms with E-state index in [2.05, 4.69) is 6.07 Å². The van der Waals surface area contributed by atoms with Gasteiger partial charge in [-0.2, -0.15) is 5.26 Å². The first-order valence-corrected chi connectivity index (χ1v) is 6.91. The molecular weight excluding hydrogens is 262 g/mol. The van der Waals surface area contributed by atoms with Crippen molar-refractivity contribution in [3.63, 3.8) is 0 Å². The summed E-state index contributed by atoms with van der Waals surface area (Å²) in [5, 5.41) is 18.1. The van der Waals surface area contributed by atoms with E-state index in [1.54, 1.807) is 12.1 Å². The molecule has 1 atom stereocenters. The molecule has 0 aliphatic heterocycles. The summed E-state index contributed by atoms with van der Waals surface area (Å²) in [6.45, 7) is 1.87. The van der Waals surface area contributed by atoms with Crippen LogP contribution in [-0.4, -0.2) is 11.1 Å². The SMILES string of the molecule is CC(C#N)c1cccc(CCc2ccccc2C(=O)O)c1. The predicted molar refractivity (Wildman–Crippen MR) is 81.3 cm³/mol. The molecule has 0 heterocycles. The van der Waals surface area contributed by atoms with E-state index in [4.69, 9.17) is 5.26 Å². The minimum Gasteiger partial charge on any atom is -0.478 e. The summed E-state index contributed by atoms with van der Waals surface area (Å²) in [7, 11) is 0.